The maximum absolute atomic E-state index is 5.92. The van der Waals surface area contributed by atoms with E-state index in [9.17, 15) is 0 Å². The minimum atomic E-state index is 0.284. The van der Waals surface area contributed by atoms with Crippen molar-refractivity contribution in [1.82, 2.24) is 5.32 Å². The molecule has 0 aromatic heterocycles. The standard InChI is InChI=1S/C12H13Cl2N/c1-3-4-10(15-2)7-9-5-6-11(13)12(14)8-9/h1,5-6,8,10,15H,4,7H2,2H3. The molecule has 0 radical (unpaired) electrons. The molecule has 0 heterocycles. The molecule has 1 atom stereocenters. The maximum atomic E-state index is 5.92. The fourth-order valence-corrected chi connectivity index (χ4v) is 1.69. The topological polar surface area (TPSA) is 12.0 Å². The van der Waals surface area contributed by atoms with Crippen LogP contribution in [0.15, 0.2) is 18.2 Å². The number of terminal acetylenes is 1. The zero-order valence-corrected chi connectivity index (χ0v) is 10.1. The van der Waals surface area contributed by atoms with Crippen molar-refractivity contribution >= 4 is 23.2 Å². The number of halogens is 2. The quantitative estimate of drug-likeness (QED) is 0.800. The monoisotopic (exact) mass is 241 g/mol. The number of hydrogen-bond acceptors (Lipinski definition) is 1. The lowest BCUT2D eigenvalue weighted by Crippen LogP contribution is -2.26. The van der Waals surface area contributed by atoms with E-state index < -0.39 is 0 Å². The van der Waals surface area contributed by atoms with Crippen LogP contribution in [0.1, 0.15) is 12.0 Å². The summed E-state index contributed by atoms with van der Waals surface area (Å²) in [5.74, 6) is 2.64. The van der Waals surface area contributed by atoms with Gasteiger partial charge in [0.15, 0.2) is 0 Å². The summed E-state index contributed by atoms with van der Waals surface area (Å²) in [6.07, 6.45) is 6.84. The fourth-order valence-electron chi connectivity index (χ4n) is 1.37. The number of hydrogen-bond donors (Lipinski definition) is 1. The Morgan fingerprint density at radius 2 is 2.13 bits per heavy atom. The minimum Gasteiger partial charge on any atom is -0.316 e. The van der Waals surface area contributed by atoms with Crippen molar-refractivity contribution in [2.75, 3.05) is 7.05 Å². The van der Waals surface area contributed by atoms with Crippen LogP contribution in [0, 0.1) is 12.3 Å². The molecule has 0 aliphatic rings. The Morgan fingerprint density at radius 3 is 2.67 bits per heavy atom. The number of nitrogens with one attached hydrogen (secondary N) is 1. The van der Waals surface area contributed by atoms with Gasteiger partial charge in [-0.25, -0.2) is 0 Å². The van der Waals surface area contributed by atoms with E-state index in [0.717, 1.165) is 12.0 Å². The Hall–Kier alpha value is -0.680. The van der Waals surface area contributed by atoms with Crippen molar-refractivity contribution in [1.29, 1.82) is 0 Å². The molecule has 1 aromatic rings. The Balaban J connectivity index is 2.71. The second kappa shape index (κ2) is 6.02. The van der Waals surface area contributed by atoms with E-state index in [1.54, 1.807) is 0 Å². The highest BCUT2D eigenvalue weighted by atomic mass is 35.5. The molecule has 1 unspecified atom stereocenters. The van der Waals surface area contributed by atoms with Gasteiger partial charge in [0, 0.05) is 12.5 Å². The van der Waals surface area contributed by atoms with Crippen LogP contribution < -0.4 is 5.32 Å². The molecule has 0 spiro atoms. The highest BCUT2D eigenvalue weighted by Crippen LogP contribution is 2.23. The van der Waals surface area contributed by atoms with Gasteiger partial charge in [-0.15, -0.1) is 12.3 Å². The fraction of sp³-hybridized carbons (Fsp3) is 0.333. The average molecular weight is 242 g/mol. The van der Waals surface area contributed by atoms with Crippen molar-refractivity contribution in [2.45, 2.75) is 18.9 Å². The van der Waals surface area contributed by atoms with Gasteiger partial charge in [-0.1, -0.05) is 29.3 Å². The molecular weight excluding hydrogens is 229 g/mol. The number of benzene rings is 1. The molecule has 1 aromatic carbocycles. The first-order chi connectivity index (χ1) is 7.17. The van der Waals surface area contributed by atoms with E-state index in [0.29, 0.717) is 16.5 Å². The summed E-state index contributed by atoms with van der Waals surface area (Å²) in [6.45, 7) is 0. The third-order valence-corrected chi connectivity index (χ3v) is 2.98. The predicted molar refractivity (Wildman–Crippen MR) is 66.5 cm³/mol. The van der Waals surface area contributed by atoms with Gasteiger partial charge in [0.1, 0.15) is 0 Å². The Labute approximate surface area is 101 Å². The summed E-state index contributed by atoms with van der Waals surface area (Å²) in [4.78, 5) is 0. The van der Waals surface area contributed by atoms with Gasteiger partial charge in [-0.05, 0) is 31.2 Å². The Kier molecular flexibility index (Phi) is 4.98. The summed E-state index contributed by atoms with van der Waals surface area (Å²) in [5, 5.41) is 4.34. The van der Waals surface area contributed by atoms with Crippen LogP contribution in [0.5, 0.6) is 0 Å². The van der Waals surface area contributed by atoms with Gasteiger partial charge in [0.05, 0.1) is 10.0 Å². The Bertz CT molecular complexity index is 368. The molecule has 15 heavy (non-hydrogen) atoms. The zero-order valence-electron chi connectivity index (χ0n) is 8.56. The van der Waals surface area contributed by atoms with Crippen molar-refractivity contribution in [3.05, 3.63) is 33.8 Å². The zero-order chi connectivity index (χ0) is 11.3. The maximum Gasteiger partial charge on any atom is 0.0595 e. The van der Waals surface area contributed by atoms with Gasteiger partial charge in [-0.3, -0.25) is 0 Å². The average Bonchev–Trinajstić information content (AvgIpc) is 2.23. The van der Waals surface area contributed by atoms with Gasteiger partial charge >= 0.3 is 0 Å². The van der Waals surface area contributed by atoms with Crippen LogP contribution >= 0.6 is 23.2 Å². The van der Waals surface area contributed by atoms with Crippen molar-refractivity contribution in [3.63, 3.8) is 0 Å². The lowest BCUT2D eigenvalue weighted by Gasteiger charge is -2.13. The van der Waals surface area contributed by atoms with Crippen LogP contribution in [-0.4, -0.2) is 13.1 Å². The van der Waals surface area contributed by atoms with E-state index >= 15 is 0 Å². The van der Waals surface area contributed by atoms with E-state index in [-0.39, 0.29) is 6.04 Å². The lowest BCUT2D eigenvalue weighted by atomic mass is 10.0. The highest BCUT2D eigenvalue weighted by molar-refractivity contribution is 6.42. The molecule has 80 valence electrons. The second-order valence-electron chi connectivity index (χ2n) is 3.35. The van der Waals surface area contributed by atoms with Crippen LogP contribution in [-0.2, 0) is 6.42 Å². The third-order valence-electron chi connectivity index (χ3n) is 2.24. The molecule has 0 bridgehead atoms. The molecule has 1 N–H and O–H groups in total. The molecule has 0 aliphatic carbocycles. The second-order valence-corrected chi connectivity index (χ2v) is 4.16. The van der Waals surface area contributed by atoms with E-state index in [4.69, 9.17) is 29.6 Å². The summed E-state index contributed by atoms with van der Waals surface area (Å²) in [5.41, 5.74) is 1.14. The molecular formula is C12H13Cl2N. The SMILES string of the molecule is C#CCC(Cc1ccc(Cl)c(Cl)c1)NC. The molecule has 1 rings (SSSR count). The summed E-state index contributed by atoms with van der Waals surface area (Å²) in [6, 6.07) is 5.94. The molecule has 0 saturated carbocycles. The van der Waals surface area contributed by atoms with Crippen molar-refractivity contribution in [2.24, 2.45) is 0 Å². The van der Waals surface area contributed by atoms with Gasteiger partial charge in [-0.2, -0.15) is 0 Å². The van der Waals surface area contributed by atoms with Gasteiger partial charge in [0.2, 0.25) is 0 Å². The third kappa shape index (κ3) is 3.76. The molecule has 3 heteroatoms. The van der Waals surface area contributed by atoms with E-state index in [1.165, 1.54) is 0 Å². The Morgan fingerprint density at radius 1 is 1.40 bits per heavy atom. The van der Waals surface area contributed by atoms with Gasteiger partial charge < -0.3 is 5.32 Å². The number of likely N-dealkylation sites (N-methyl/N-ethyl adjacent to an activating group) is 1. The summed E-state index contributed by atoms with van der Waals surface area (Å²) in [7, 11) is 1.90. The molecule has 0 aliphatic heterocycles. The molecule has 0 amide bonds. The first-order valence-corrected chi connectivity index (χ1v) is 5.47. The first kappa shape index (κ1) is 12.4. The largest absolute Gasteiger partial charge is 0.316 e. The van der Waals surface area contributed by atoms with Crippen LogP contribution in [0.3, 0.4) is 0 Å². The first-order valence-electron chi connectivity index (χ1n) is 4.72. The highest BCUT2D eigenvalue weighted by Gasteiger charge is 2.07. The minimum absolute atomic E-state index is 0.284. The smallest absolute Gasteiger partial charge is 0.0595 e. The van der Waals surface area contributed by atoms with Crippen LogP contribution in [0.2, 0.25) is 10.0 Å². The molecule has 1 nitrogen and oxygen atoms in total. The van der Waals surface area contributed by atoms with Crippen molar-refractivity contribution in [3.8, 4) is 12.3 Å². The van der Waals surface area contributed by atoms with Gasteiger partial charge in [0.25, 0.3) is 0 Å². The normalized spacial score (nSPS) is 12.1. The van der Waals surface area contributed by atoms with E-state index in [2.05, 4.69) is 11.2 Å². The van der Waals surface area contributed by atoms with Crippen LogP contribution in [0.25, 0.3) is 0 Å². The van der Waals surface area contributed by atoms with Crippen LogP contribution in [0.4, 0.5) is 0 Å². The summed E-state index contributed by atoms with van der Waals surface area (Å²) < 4.78 is 0. The molecule has 0 fully saturated rings. The lowest BCUT2D eigenvalue weighted by molar-refractivity contribution is 0.573. The van der Waals surface area contributed by atoms with Crippen molar-refractivity contribution < 1.29 is 0 Å². The predicted octanol–water partition coefficient (Wildman–Crippen LogP) is 3.15. The summed E-state index contributed by atoms with van der Waals surface area (Å²) >= 11 is 11.8. The number of rotatable bonds is 4. The van der Waals surface area contributed by atoms with E-state index in [1.807, 2.05) is 25.2 Å². The molecule has 0 saturated heterocycles.